The summed E-state index contributed by atoms with van der Waals surface area (Å²) < 4.78 is 10.4. The van der Waals surface area contributed by atoms with E-state index in [2.05, 4.69) is 0 Å². The van der Waals surface area contributed by atoms with Crippen molar-refractivity contribution in [2.75, 3.05) is 6.61 Å². The van der Waals surface area contributed by atoms with Crippen molar-refractivity contribution in [3.63, 3.8) is 0 Å². The Hall–Kier alpha value is -2.11. The van der Waals surface area contributed by atoms with Crippen molar-refractivity contribution in [3.05, 3.63) is 33.4 Å². The number of ether oxygens (including phenoxy) is 2. The Bertz CT molecular complexity index is 511. The summed E-state index contributed by atoms with van der Waals surface area (Å²) in [5.41, 5.74) is 1.25. The predicted octanol–water partition coefficient (Wildman–Crippen LogP) is 1.77. The Labute approximate surface area is 104 Å². The molecule has 0 radical (unpaired) electrons. The maximum Gasteiger partial charge on any atom is 0.314 e. The van der Waals surface area contributed by atoms with Crippen LogP contribution in [0.5, 0.6) is 5.75 Å². The van der Waals surface area contributed by atoms with Crippen LogP contribution in [0.3, 0.4) is 0 Å². The fraction of sp³-hybridized carbons (Fsp3) is 0.417. The van der Waals surface area contributed by atoms with E-state index in [0.717, 1.165) is 0 Å². The van der Waals surface area contributed by atoms with Crippen LogP contribution in [0.15, 0.2) is 12.1 Å². The number of hydrogen-bond acceptors (Lipinski definition) is 5. The molecule has 0 fully saturated rings. The molecule has 0 bridgehead atoms. The average Bonchev–Trinajstić information content (AvgIpc) is 2.27. The number of nitro groups is 1. The van der Waals surface area contributed by atoms with E-state index in [9.17, 15) is 14.9 Å². The standard InChI is InChI=1S/C12H13NO5/c1-7-3-4-9-5-10(18-8(2)14)6-17-12(9)11(7)13(15)16/h3-4,10H,5-6H2,1-2H3. The van der Waals surface area contributed by atoms with E-state index >= 15 is 0 Å². The Kier molecular flexibility index (Phi) is 3.18. The molecule has 1 aromatic carbocycles. The maximum atomic E-state index is 11.0. The van der Waals surface area contributed by atoms with Crippen LogP contribution in [0.1, 0.15) is 18.1 Å². The molecule has 1 aromatic rings. The van der Waals surface area contributed by atoms with Crippen molar-refractivity contribution >= 4 is 11.7 Å². The van der Waals surface area contributed by atoms with Crippen molar-refractivity contribution in [2.24, 2.45) is 0 Å². The first kappa shape index (κ1) is 12.3. The molecule has 0 saturated heterocycles. The van der Waals surface area contributed by atoms with Gasteiger partial charge in [0, 0.05) is 24.5 Å². The second-order valence-corrected chi connectivity index (χ2v) is 4.22. The van der Waals surface area contributed by atoms with Crippen LogP contribution in [0.4, 0.5) is 5.69 Å². The van der Waals surface area contributed by atoms with E-state index in [1.807, 2.05) is 0 Å². The highest BCUT2D eigenvalue weighted by Gasteiger charge is 2.29. The van der Waals surface area contributed by atoms with E-state index in [-0.39, 0.29) is 24.4 Å². The molecule has 0 saturated carbocycles. The number of hydrogen-bond donors (Lipinski definition) is 0. The molecule has 0 spiro atoms. The number of esters is 1. The molecule has 1 unspecified atom stereocenters. The molecule has 0 aliphatic carbocycles. The number of nitro benzene ring substituents is 1. The summed E-state index contributed by atoms with van der Waals surface area (Å²) in [4.78, 5) is 21.4. The van der Waals surface area contributed by atoms with Gasteiger partial charge in [0.15, 0.2) is 0 Å². The largest absolute Gasteiger partial charge is 0.483 e. The lowest BCUT2D eigenvalue weighted by Crippen LogP contribution is -2.30. The van der Waals surface area contributed by atoms with Crippen molar-refractivity contribution < 1.29 is 19.2 Å². The van der Waals surface area contributed by atoms with Crippen LogP contribution in [-0.4, -0.2) is 23.6 Å². The smallest absolute Gasteiger partial charge is 0.314 e. The zero-order valence-corrected chi connectivity index (χ0v) is 10.1. The van der Waals surface area contributed by atoms with Crippen LogP contribution >= 0.6 is 0 Å². The Morgan fingerprint density at radius 3 is 2.89 bits per heavy atom. The van der Waals surface area contributed by atoms with Crippen LogP contribution in [0, 0.1) is 17.0 Å². The van der Waals surface area contributed by atoms with Crippen LogP contribution in [0.25, 0.3) is 0 Å². The maximum absolute atomic E-state index is 11.0. The number of carbonyl (C=O) groups is 1. The lowest BCUT2D eigenvalue weighted by molar-refractivity contribution is -0.386. The van der Waals surface area contributed by atoms with Crippen LogP contribution < -0.4 is 4.74 Å². The van der Waals surface area contributed by atoms with Gasteiger partial charge in [-0.25, -0.2) is 0 Å². The first-order valence-electron chi connectivity index (χ1n) is 5.56. The summed E-state index contributed by atoms with van der Waals surface area (Å²) in [5, 5.41) is 11.0. The average molecular weight is 251 g/mol. The van der Waals surface area contributed by atoms with Gasteiger partial charge in [-0.3, -0.25) is 14.9 Å². The molecular weight excluding hydrogens is 238 g/mol. The molecule has 1 heterocycles. The normalized spacial score (nSPS) is 17.6. The summed E-state index contributed by atoms with van der Waals surface area (Å²) in [6.07, 6.45) is 0.0630. The zero-order chi connectivity index (χ0) is 13.3. The van der Waals surface area contributed by atoms with Gasteiger partial charge in [-0.05, 0) is 6.92 Å². The van der Waals surface area contributed by atoms with Crippen molar-refractivity contribution in [1.29, 1.82) is 0 Å². The first-order chi connectivity index (χ1) is 8.49. The molecule has 1 aliphatic rings. The van der Waals surface area contributed by atoms with Crippen LogP contribution in [-0.2, 0) is 16.0 Å². The van der Waals surface area contributed by atoms with Crippen molar-refractivity contribution in [1.82, 2.24) is 0 Å². The predicted molar refractivity (Wildman–Crippen MR) is 62.6 cm³/mol. The molecule has 0 aromatic heterocycles. The fourth-order valence-electron chi connectivity index (χ4n) is 2.05. The summed E-state index contributed by atoms with van der Waals surface area (Å²) in [5.74, 6) is -0.0861. The molecule has 2 rings (SSSR count). The third kappa shape index (κ3) is 2.27. The monoisotopic (exact) mass is 251 g/mol. The van der Waals surface area contributed by atoms with Gasteiger partial charge in [0.1, 0.15) is 12.7 Å². The third-order valence-electron chi connectivity index (χ3n) is 2.79. The lowest BCUT2D eigenvalue weighted by atomic mass is 10.0. The second-order valence-electron chi connectivity index (χ2n) is 4.22. The van der Waals surface area contributed by atoms with E-state index in [1.165, 1.54) is 6.92 Å². The number of nitrogens with zero attached hydrogens (tertiary/aromatic N) is 1. The lowest BCUT2D eigenvalue weighted by Gasteiger charge is -2.24. The van der Waals surface area contributed by atoms with E-state index in [1.54, 1.807) is 19.1 Å². The molecule has 96 valence electrons. The van der Waals surface area contributed by atoms with Crippen LogP contribution in [0.2, 0.25) is 0 Å². The third-order valence-corrected chi connectivity index (χ3v) is 2.79. The highest BCUT2D eigenvalue weighted by Crippen LogP contribution is 2.37. The van der Waals surface area contributed by atoms with Gasteiger partial charge in [0.05, 0.1) is 4.92 Å². The number of fused-ring (bicyclic) bond motifs is 1. The molecule has 1 atom stereocenters. The highest BCUT2D eigenvalue weighted by atomic mass is 16.6. The van der Waals surface area contributed by atoms with Gasteiger partial charge in [0.2, 0.25) is 5.75 Å². The van der Waals surface area contributed by atoms with Gasteiger partial charge in [0.25, 0.3) is 0 Å². The number of benzene rings is 1. The minimum absolute atomic E-state index is 0.00576. The Balaban J connectivity index is 2.32. The number of aryl methyl sites for hydroxylation is 1. The molecule has 6 heteroatoms. The second kappa shape index (κ2) is 4.64. The van der Waals surface area contributed by atoms with E-state index in [0.29, 0.717) is 23.3 Å². The summed E-state index contributed by atoms with van der Waals surface area (Å²) in [6, 6.07) is 3.45. The summed E-state index contributed by atoms with van der Waals surface area (Å²) in [7, 11) is 0. The van der Waals surface area contributed by atoms with Gasteiger partial charge in [-0.1, -0.05) is 12.1 Å². The molecule has 18 heavy (non-hydrogen) atoms. The summed E-state index contributed by atoms with van der Waals surface area (Å²) >= 11 is 0. The fourth-order valence-corrected chi connectivity index (χ4v) is 2.05. The molecular formula is C12H13NO5. The number of carbonyl (C=O) groups excluding carboxylic acids is 1. The molecule has 0 amide bonds. The highest BCUT2D eigenvalue weighted by molar-refractivity contribution is 5.66. The van der Waals surface area contributed by atoms with Crippen molar-refractivity contribution in [3.8, 4) is 5.75 Å². The molecule has 1 aliphatic heterocycles. The van der Waals surface area contributed by atoms with E-state index < -0.39 is 4.92 Å². The zero-order valence-electron chi connectivity index (χ0n) is 10.1. The van der Waals surface area contributed by atoms with Crippen molar-refractivity contribution in [2.45, 2.75) is 26.4 Å². The minimum Gasteiger partial charge on any atom is -0.483 e. The number of rotatable bonds is 2. The Morgan fingerprint density at radius 2 is 2.28 bits per heavy atom. The first-order valence-corrected chi connectivity index (χ1v) is 5.56. The van der Waals surface area contributed by atoms with Gasteiger partial charge in [-0.15, -0.1) is 0 Å². The SMILES string of the molecule is CC(=O)OC1COc2c(ccc(C)c2[N+](=O)[O-])C1. The van der Waals surface area contributed by atoms with Gasteiger partial charge in [-0.2, -0.15) is 0 Å². The topological polar surface area (TPSA) is 78.7 Å². The molecule has 0 N–H and O–H groups in total. The quantitative estimate of drug-likeness (QED) is 0.454. The summed E-state index contributed by atoms with van der Waals surface area (Å²) in [6.45, 7) is 3.14. The van der Waals surface area contributed by atoms with E-state index in [4.69, 9.17) is 9.47 Å². The Morgan fingerprint density at radius 1 is 1.56 bits per heavy atom. The van der Waals surface area contributed by atoms with Gasteiger partial charge < -0.3 is 9.47 Å². The molecule has 6 nitrogen and oxygen atoms in total. The minimum atomic E-state index is -0.444. The van der Waals surface area contributed by atoms with Gasteiger partial charge >= 0.3 is 11.7 Å².